The van der Waals surface area contributed by atoms with Gasteiger partial charge in [-0.05, 0) is 12.2 Å². The number of hydrogen-bond acceptors (Lipinski definition) is 2. The van der Waals surface area contributed by atoms with E-state index in [9.17, 15) is 5.11 Å². The second-order valence-electron chi connectivity index (χ2n) is 2.41. The fourth-order valence-electron chi connectivity index (χ4n) is 0.926. The van der Waals surface area contributed by atoms with Gasteiger partial charge >= 0.3 is 0 Å². The van der Waals surface area contributed by atoms with E-state index >= 15 is 0 Å². The van der Waals surface area contributed by atoms with E-state index < -0.39 is 5.60 Å². The molecule has 1 N–H and O–H groups in total. The molecular formula is C7H10OS. The summed E-state index contributed by atoms with van der Waals surface area (Å²) in [6, 6.07) is 0. The molecule has 1 fully saturated rings. The van der Waals surface area contributed by atoms with Gasteiger partial charge in [-0.25, -0.2) is 0 Å². The first kappa shape index (κ1) is 6.98. The molecule has 0 aromatic rings. The molecule has 9 heavy (non-hydrogen) atoms. The van der Waals surface area contributed by atoms with Crippen LogP contribution in [0.25, 0.3) is 0 Å². The molecule has 0 aromatic heterocycles. The van der Waals surface area contributed by atoms with Gasteiger partial charge in [-0.1, -0.05) is 0 Å². The summed E-state index contributed by atoms with van der Waals surface area (Å²) in [7, 11) is 0. The fourth-order valence-corrected chi connectivity index (χ4v) is 2.22. The van der Waals surface area contributed by atoms with E-state index in [2.05, 4.69) is 5.92 Å². The summed E-state index contributed by atoms with van der Waals surface area (Å²) >= 11 is 1.78. The number of terminal acetylenes is 1. The van der Waals surface area contributed by atoms with Gasteiger partial charge in [0.25, 0.3) is 0 Å². The Kier molecular flexibility index (Phi) is 2.05. The van der Waals surface area contributed by atoms with Crippen molar-refractivity contribution in [2.75, 3.05) is 11.5 Å². The Balaban J connectivity index is 2.43. The summed E-state index contributed by atoms with van der Waals surface area (Å²) in [6.45, 7) is 0. The largest absolute Gasteiger partial charge is 0.388 e. The van der Waals surface area contributed by atoms with Crippen LogP contribution in [0.15, 0.2) is 0 Å². The molecule has 50 valence electrons. The zero-order valence-electron chi connectivity index (χ0n) is 5.26. The minimum atomic E-state index is -0.528. The van der Waals surface area contributed by atoms with Crippen molar-refractivity contribution in [1.29, 1.82) is 0 Å². The third-order valence-corrected chi connectivity index (χ3v) is 2.75. The van der Waals surface area contributed by atoms with Crippen molar-refractivity contribution in [3.63, 3.8) is 0 Å². The first-order valence-electron chi connectivity index (χ1n) is 3.00. The van der Waals surface area contributed by atoms with E-state index in [4.69, 9.17) is 6.42 Å². The summed E-state index contributed by atoms with van der Waals surface area (Å²) in [4.78, 5) is 0. The maximum absolute atomic E-state index is 9.53. The Morgan fingerprint density at radius 3 is 3.00 bits per heavy atom. The van der Waals surface area contributed by atoms with Gasteiger partial charge in [-0.2, -0.15) is 11.8 Å². The van der Waals surface area contributed by atoms with Crippen molar-refractivity contribution < 1.29 is 5.11 Å². The lowest BCUT2D eigenvalue weighted by molar-refractivity contribution is 0.0738. The Labute approximate surface area is 59.8 Å². The van der Waals surface area contributed by atoms with Gasteiger partial charge in [-0.3, -0.25) is 0 Å². The van der Waals surface area contributed by atoms with E-state index in [-0.39, 0.29) is 0 Å². The molecule has 1 aliphatic heterocycles. The number of thioether (sulfide) groups is 1. The van der Waals surface area contributed by atoms with Crippen LogP contribution in [0.4, 0.5) is 0 Å². The third kappa shape index (κ3) is 1.64. The van der Waals surface area contributed by atoms with Crippen molar-refractivity contribution in [3.8, 4) is 12.3 Å². The van der Waals surface area contributed by atoms with Gasteiger partial charge in [-0.15, -0.1) is 12.3 Å². The van der Waals surface area contributed by atoms with Gasteiger partial charge in [0.05, 0.1) is 5.60 Å². The Bertz CT molecular complexity index is 130. The maximum atomic E-state index is 9.53. The molecular weight excluding hydrogens is 132 g/mol. The van der Waals surface area contributed by atoms with Gasteiger partial charge < -0.3 is 5.11 Å². The van der Waals surface area contributed by atoms with Crippen LogP contribution >= 0.6 is 11.8 Å². The highest BCUT2D eigenvalue weighted by molar-refractivity contribution is 7.99. The molecule has 0 saturated carbocycles. The van der Waals surface area contributed by atoms with Gasteiger partial charge in [0.1, 0.15) is 0 Å². The predicted molar refractivity (Wildman–Crippen MR) is 40.3 cm³/mol. The third-order valence-electron chi connectivity index (χ3n) is 1.51. The van der Waals surface area contributed by atoms with Crippen LogP contribution < -0.4 is 0 Å². The van der Waals surface area contributed by atoms with Crippen LogP contribution in [0.3, 0.4) is 0 Å². The normalized spacial score (nSPS) is 34.2. The molecule has 1 unspecified atom stereocenters. The molecule has 1 rings (SSSR count). The van der Waals surface area contributed by atoms with Crippen LogP contribution in [-0.4, -0.2) is 22.2 Å². The molecule has 0 amide bonds. The summed E-state index contributed by atoms with van der Waals surface area (Å²) in [6.07, 6.45) is 6.45. The molecule has 0 aliphatic carbocycles. The summed E-state index contributed by atoms with van der Waals surface area (Å²) in [5, 5.41) is 9.53. The molecule has 0 aromatic carbocycles. The lowest BCUT2D eigenvalue weighted by Gasteiger charge is -2.16. The lowest BCUT2D eigenvalue weighted by Crippen LogP contribution is -2.26. The summed E-state index contributed by atoms with van der Waals surface area (Å²) in [5.74, 6) is 4.36. The quantitative estimate of drug-likeness (QED) is 0.548. The first-order valence-corrected chi connectivity index (χ1v) is 4.16. The van der Waals surface area contributed by atoms with Crippen molar-refractivity contribution in [1.82, 2.24) is 0 Å². The maximum Gasteiger partial charge on any atom is 0.0854 e. The lowest BCUT2D eigenvalue weighted by atomic mass is 10.0. The molecule has 1 saturated heterocycles. The van der Waals surface area contributed by atoms with Crippen LogP contribution in [0.5, 0.6) is 0 Å². The van der Waals surface area contributed by atoms with Gasteiger partial charge in [0.15, 0.2) is 0 Å². The molecule has 0 radical (unpaired) electrons. The minimum absolute atomic E-state index is 0.514. The minimum Gasteiger partial charge on any atom is -0.388 e. The van der Waals surface area contributed by atoms with Gasteiger partial charge in [0.2, 0.25) is 0 Å². The van der Waals surface area contributed by atoms with Crippen molar-refractivity contribution in [3.05, 3.63) is 0 Å². The summed E-state index contributed by atoms with van der Waals surface area (Å²) in [5.41, 5.74) is -0.528. The first-order chi connectivity index (χ1) is 4.27. The zero-order chi connectivity index (χ0) is 6.74. The van der Waals surface area contributed by atoms with E-state index in [0.29, 0.717) is 6.42 Å². The van der Waals surface area contributed by atoms with E-state index in [1.165, 1.54) is 0 Å². The SMILES string of the molecule is C#CCC1(O)CCSC1. The van der Waals surface area contributed by atoms with Crippen LogP contribution in [-0.2, 0) is 0 Å². The highest BCUT2D eigenvalue weighted by atomic mass is 32.2. The molecule has 1 nitrogen and oxygen atoms in total. The van der Waals surface area contributed by atoms with Gasteiger partial charge in [0, 0.05) is 12.2 Å². The average molecular weight is 142 g/mol. The van der Waals surface area contributed by atoms with E-state index in [0.717, 1.165) is 17.9 Å². The highest BCUT2D eigenvalue weighted by Crippen LogP contribution is 2.29. The number of rotatable bonds is 1. The van der Waals surface area contributed by atoms with E-state index in [1.54, 1.807) is 11.8 Å². The average Bonchev–Trinajstić information content (AvgIpc) is 2.16. The fraction of sp³-hybridized carbons (Fsp3) is 0.714. The zero-order valence-corrected chi connectivity index (χ0v) is 6.08. The number of aliphatic hydroxyl groups is 1. The van der Waals surface area contributed by atoms with Crippen molar-refractivity contribution >= 4 is 11.8 Å². The Morgan fingerprint density at radius 1 is 1.78 bits per heavy atom. The number of hydrogen-bond donors (Lipinski definition) is 1. The highest BCUT2D eigenvalue weighted by Gasteiger charge is 2.30. The van der Waals surface area contributed by atoms with E-state index in [1.807, 2.05) is 0 Å². The van der Waals surface area contributed by atoms with Crippen molar-refractivity contribution in [2.24, 2.45) is 0 Å². The predicted octanol–water partition coefficient (Wildman–Crippen LogP) is 0.878. The molecule has 1 heterocycles. The Morgan fingerprint density at radius 2 is 2.56 bits per heavy atom. The molecule has 0 bridgehead atoms. The molecule has 2 heteroatoms. The topological polar surface area (TPSA) is 20.2 Å². The second-order valence-corrected chi connectivity index (χ2v) is 3.51. The van der Waals surface area contributed by atoms with Crippen molar-refractivity contribution in [2.45, 2.75) is 18.4 Å². The smallest absolute Gasteiger partial charge is 0.0854 e. The molecule has 0 spiro atoms. The van der Waals surface area contributed by atoms with Crippen LogP contribution in [0.1, 0.15) is 12.8 Å². The summed E-state index contributed by atoms with van der Waals surface area (Å²) < 4.78 is 0. The molecule has 1 aliphatic rings. The standard InChI is InChI=1S/C7H10OS/c1-2-3-7(8)4-5-9-6-7/h1,8H,3-6H2. The van der Waals surface area contributed by atoms with Crippen LogP contribution in [0, 0.1) is 12.3 Å². The monoisotopic (exact) mass is 142 g/mol. The van der Waals surface area contributed by atoms with Crippen LogP contribution in [0.2, 0.25) is 0 Å². The second kappa shape index (κ2) is 2.64. The molecule has 1 atom stereocenters. The Hall–Kier alpha value is -0.130.